The topological polar surface area (TPSA) is 228 Å². The van der Waals surface area contributed by atoms with Crippen molar-refractivity contribution < 1.29 is 25.2 Å². The van der Waals surface area contributed by atoms with Gasteiger partial charge >= 0.3 is 0 Å². The number of fused-ring (bicyclic) bond motifs is 1. The molecular formula is C10H12N8O6. The summed E-state index contributed by atoms with van der Waals surface area (Å²) in [5.74, 6) is -2.99. The molecule has 0 radical (unpaired) electrons. The van der Waals surface area contributed by atoms with Crippen molar-refractivity contribution in [1.82, 2.24) is 19.5 Å². The summed E-state index contributed by atoms with van der Waals surface area (Å²) in [5, 5.41) is 43.4. The molecule has 0 amide bonds. The standard InChI is InChI=1S/C10H12N8O6/c11-8-14-6-3(7(22)15-8)18(2-13-6)10(23)5(21)4(20)9(1-19,24-10)16-17-12/h2,4-5,19-21,23H,1H2,(H3,11,14,15,22)/t4-,5+,9+,10-/m0/s1. The van der Waals surface area contributed by atoms with E-state index in [1.165, 1.54) is 0 Å². The van der Waals surface area contributed by atoms with E-state index in [9.17, 15) is 25.2 Å². The molecule has 0 unspecified atom stereocenters. The molecule has 0 spiro atoms. The van der Waals surface area contributed by atoms with Crippen molar-refractivity contribution in [2.75, 3.05) is 12.3 Å². The number of ether oxygens (including phenoxy) is 1. The van der Waals surface area contributed by atoms with Gasteiger partial charge in [-0.15, -0.1) is 0 Å². The molecule has 0 bridgehead atoms. The Hall–Kier alpha value is -2.74. The molecule has 14 heteroatoms. The molecule has 14 nitrogen and oxygen atoms in total. The fourth-order valence-corrected chi connectivity index (χ4v) is 2.53. The summed E-state index contributed by atoms with van der Waals surface area (Å²) in [6.45, 7) is -1.05. The summed E-state index contributed by atoms with van der Waals surface area (Å²) < 4.78 is 5.77. The van der Waals surface area contributed by atoms with E-state index in [1.807, 2.05) is 0 Å². The number of hydrogen-bond acceptors (Lipinski definition) is 10. The number of aromatic amines is 1. The fraction of sp³-hybridized carbons (Fsp3) is 0.500. The predicted molar refractivity (Wildman–Crippen MR) is 74.8 cm³/mol. The maximum absolute atomic E-state index is 12.0. The number of imidazole rings is 1. The summed E-state index contributed by atoms with van der Waals surface area (Å²) in [4.78, 5) is 24.1. The number of rotatable bonds is 3. The van der Waals surface area contributed by atoms with E-state index in [0.29, 0.717) is 4.57 Å². The van der Waals surface area contributed by atoms with Crippen molar-refractivity contribution in [3.63, 3.8) is 0 Å². The SMILES string of the molecule is [N-]=[N+]=N[C@]1(CO)O[C@](O)(n2cnc3nc(N)[nH]c(=O)c32)[C@H](O)[C@@H]1O. The van der Waals surface area contributed by atoms with E-state index in [2.05, 4.69) is 25.0 Å². The Bertz CT molecular complexity index is 904. The van der Waals surface area contributed by atoms with Crippen molar-refractivity contribution in [2.45, 2.75) is 23.8 Å². The third kappa shape index (κ3) is 1.96. The van der Waals surface area contributed by atoms with Gasteiger partial charge in [0.05, 0.1) is 6.61 Å². The molecule has 1 fully saturated rings. The first-order valence-corrected chi connectivity index (χ1v) is 6.48. The second-order valence-corrected chi connectivity index (χ2v) is 5.08. The number of H-pyrrole nitrogens is 1. The summed E-state index contributed by atoms with van der Waals surface area (Å²) in [7, 11) is 0. The summed E-state index contributed by atoms with van der Waals surface area (Å²) in [6, 6.07) is 0. The zero-order valence-corrected chi connectivity index (χ0v) is 11.8. The van der Waals surface area contributed by atoms with Crippen molar-refractivity contribution in [3.05, 3.63) is 27.1 Å². The van der Waals surface area contributed by atoms with Crippen LogP contribution in [-0.2, 0) is 10.6 Å². The van der Waals surface area contributed by atoms with E-state index in [0.717, 1.165) is 6.33 Å². The van der Waals surface area contributed by atoms with Crippen molar-refractivity contribution in [3.8, 4) is 0 Å². The monoisotopic (exact) mass is 340 g/mol. The van der Waals surface area contributed by atoms with Crippen LogP contribution in [0.3, 0.4) is 0 Å². The van der Waals surface area contributed by atoms with Gasteiger partial charge in [0.15, 0.2) is 17.3 Å². The van der Waals surface area contributed by atoms with Gasteiger partial charge < -0.3 is 30.9 Å². The van der Waals surface area contributed by atoms with Crippen LogP contribution >= 0.6 is 0 Å². The third-order valence-corrected chi connectivity index (χ3v) is 3.69. The zero-order chi connectivity index (χ0) is 17.7. The second kappa shape index (κ2) is 5.13. The number of hydrogen-bond donors (Lipinski definition) is 6. The van der Waals surface area contributed by atoms with Crippen molar-refractivity contribution in [2.24, 2.45) is 5.11 Å². The molecular weight excluding hydrogens is 328 g/mol. The minimum atomic E-state index is -2.77. The quantitative estimate of drug-likeness (QED) is 0.190. The number of aliphatic hydroxyl groups is 4. The lowest BCUT2D eigenvalue weighted by Crippen LogP contribution is -2.46. The highest BCUT2D eigenvalue weighted by Crippen LogP contribution is 2.41. The Balaban J connectivity index is 2.22. The van der Waals surface area contributed by atoms with Crippen molar-refractivity contribution in [1.29, 1.82) is 0 Å². The highest BCUT2D eigenvalue weighted by Gasteiger charge is 2.63. The number of nitrogens with two attached hydrogens (primary N) is 1. The van der Waals surface area contributed by atoms with E-state index in [-0.39, 0.29) is 17.1 Å². The van der Waals surface area contributed by atoms with Gasteiger partial charge in [-0.2, -0.15) is 4.98 Å². The molecule has 3 heterocycles. The average Bonchev–Trinajstić information content (AvgIpc) is 3.04. The number of azide groups is 1. The lowest BCUT2D eigenvalue weighted by atomic mass is 10.1. The highest BCUT2D eigenvalue weighted by molar-refractivity contribution is 5.70. The van der Waals surface area contributed by atoms with Crippen LogP contribution in [0.15, 0.2) is 16.2 Å². The molecule has 24 heavy (non-hydrogen) atoms. The Morgan fingerprint density at radius 1 is 1.54 bits per heavy atom. The first-order chi connectivity index (χ1) is 11.3. The van der Waals surface area contributed by atoms with E-state index >= 15 is 0 Å². The predicted octanol–water partition coefficient (Wildman–Crippen LogP) is -2.94. The van der Waals surface area contributed by atoms with Gasteiger partial charge in [0.2, 0.25) is 11.7 Å². The Morgan fingerprint density at radius 2 is 2.25 bits per heavy atom. The van der Waals surface area contributed by atoms with Crippen LogP contribution in [-0.4, -0.2) is 64.5 Å². The first-order valence-electron chi connectivity index (χ1n) is 6.48. The van der Waals surface area contributed by atoms with Gasteiger partial charge in [-0.1, -0.05) is 5.11 Å². The molecule has 7 N–H and O–H groups in total. The van der Waals surface area contributed by atoms with Gasteiger partial charge in [-0.3, -0.25) is 14.3 Å². The van der Waals surface area contributed by atoms with Crippen LogP contribution in [0.1, 0.15) is 0 Å². The molecule has 1 saturated heterocycles. The molecule has 2 aromatic rings. The van der Waals surface area contributed by atoms with Crippen LogP contribution in [0.25, 0.3) is 21.6 Å². The molecule has 0 aromatic carbocycles. The van der Waals surface area contributed by atoms with Crippen LogP contribution in [0.2, 0.25) is 0 Å². The largest absolute Gasteiger partial charge is 0.393 e. The number of aliphatic hydroxyl groups excluding tert-OH is 3. The molecule has 1 aliphatic heterocycles. The van der Waals surface area contributed by atoms with Gasteiger partial charge in [0.25, 0.3) is 11.5 Å². The maximum Gasteiger partial charge on any atom is 0.285 e. The molecule has 1 aliphatic rings. The minimum absolute atomic E-state index is 0.166. The van der Waals surface area contributed by atoms with E-state index in [1.54, 1.807) is 0 Å². The normalized spacial score (nSPS) is 32.8. The number of nitrogen functional groups attached to an aromatic ring is 1. The van der Waals surface area contributed by atoms with Crippen LogP contribution in [0.5, 0.6) is 0 Å². The van der Waals surface area contributed by atoms with Gasteiger partial charge in [-0.05, 0) is 5.53 Å². The summed E-state index contributed by atoms with van der Waals surface area (Å²) >= 11 is 0. The number of aromatic nitrogens is 4. The highest BCUT2D eigenvalue weighted by atomic mass is 16.7. The van der Waals surface area contributed by atoms with Crippen LogP contribution in [0.4, 0.5) is 5.95 Å². The van der Waals surface area contributed by atoms with E-state index in [4.69, 9.17) is 16.0 Å². The van der Waals surface area contributed by atoms with Gasteiger partial charge in [0.1, 0.15) is 12.4 Å². The first kappa shape index (κ1) is 16.1. The minimum Gasteiger partial charge on any atom is -0.393 e. The van der Waals surface area contributed by atoms with Crippen molar-refractivity contribution >= 4 is 17.1 Å². The average molecular weight is 340 g/mol. The van der Waals surface area contributed by atoms with Crippen LogP contribution < -0.4 is 11.3 Å². The smallest absolute Gasteiger partial charge is 0.285 e. The lowest BCUT2D eigenvalue weighted by Gasteiger charge is -2.28. The number of nitrogens with one attached hydrogen (secondary N) is 1. The molecule has 4 atom stereocenters. The van der Waals surface area contributed by atoms with Crippen LogP contribution in [0, 0.1) is 0 Å². The Kier molecular flexibility index (Phi) is 3.45. The van der Waals surface area contributed by atoms with Gasteiger partial charge in [0, 0.05) is 4.91 Å². The number of nitrogens with zero attached hydrogens (tertiary/aromatic N) is 6. The molecule has 128 valence electrons. The molecule has 3 rings (SSSR count). The molecule has 0 saturated carbocycles. The molecule has 2 aromatic heterocycles. The molecule has 0 aliphatic carbocycles. The maximum atomic E-state index is 12.0. The Labute approximate surface area is 131 Å². The Morgan fingerprint density at radius 3 is 2.88 bits per heavy atom. The third-order valence-electron chi connectivity index (χ3n) is 3.69. The second-order valence-electron chi connectivity index (χ2n) is 5.08. The summed E-state index contributed by atoms with van der Waals surface area (Å²) in [6.07, 6.45) is -3.18. The fourth-order valence-electron chi connectivity index (χ4n) is 2.53. The zero-order valence-electron chi connectivity index (χ0n) is 11.8. The van der Waals surface area contributed by atoms with Gasteiger partial charge in [-0.25, -0.2) is 4.98 Å². The number of anilines is 1. The summed E-state index contributed by atoms with van der Waals surface area (Å²) in [5.41, 5.74) is 10.3. The van der Waals surface area contributed by atoms with E-state index < -0.39 is 36.0 Å². The lowest BCUT2D eigenvalue weighted by molar-refractivity contribution is -0.305.